The number of amides is 1. The van der Waals surface area contributed by atoms with Crippen molar-refractivity contribution in [3.8, 4) is 11.3 Å². The summed E-state index contributed by atoms with van der Waals surface area (Å²) in [6.45, 7) is 4.10. The van der Waals surface area contributed by atoms with Gasteiger partial charge >= 0.3 is 0 Å². The van der Waals surface area contributed by atoms with Gasteiger partial charge in [-0.2, -0.15) is 0 Å². The Balaban J connectivity index is 1.58. The van der Waals surface area contributed by atoms with E-state index in [4.69, 9.17) is 0 Å². The van der Waals surface area contributed by atoms with Crippen LogP contribution in [0.4, 0.5) is 5.13 Å². The number of pyridine rings is 1. The Morgan fingerprint density at radius 2 is 1.96 bits per heavy atom. The van der Waals surface area contributed by atoms with Crippen LogP contribution >= 0.6 is 11.3 Å². The Kier molecular flexibility index (Phi) is 4.26. The van der Waals surface area contributed by atoms with Crippen LogP contribution in [0.5, 0.6) is 0 Å². The summed E-state index contributed by atoms with van der Waals surface area (Å²) < 4.78 is 1.96. The number of thiazole rings is 1. The molecule has 0 atom stereocenters. The zero-order chi connectivity index (χ0) is 18.1. The molecule has 3 aromatic heterocycles. The van der Waals surface area contributed by atoms with Crippen LogP contribution in [-0.4, -0.2) is 20.3 Å². The molecule has 0 aliphatic rings. The van der Waals surface area contributed by atoms with Crippen molar-refractivity contribution in [3.63, 3.8) is 0 Å². The van der Waals surface area contributed by atoms with E-state index in [0.717, 1.165) is 34.7 Å². The maximum absolute atomic E-state index is 12.6. The number of anilines is 1. The molecule has 1 amide bonds. The van der Waals surface area contributed by atoms with Gasteiger partial charge in [0, 0.05) is 22.8 Å². The number of carbonyl (C=O) groups excluding carboxylic acids is 1. The summed E-state index contributed by atoms with van der Waals surface area (Å²) >= 11 is 1.42. The van der Waals surface area contributed by atoms with Crippen molar-refractivity contribution in [1.29, 1.82) is 0 Å². The third kappa shape index (κ3) is 2.99. The summed E-state index contributed by atoms with van der Waals surface area (Å²) in [6.07, 6.45) is 2.70. The van der Waals surface area contributed by atoms with Crippen molar-refractivity contribution in [2.75, 3.05) is 5.32 Å². The summed E-state index contributed by atoms with van der Waals surface area (Å²) in [7, 11) is 0. The molecule has 0 aliphatic carbocycles. The number of benzene rings is 1. The lowest BCUT2D eigenvalue weighted by Gasteiger charge is -2.04. The highest BCUT2D eigenvalue weighted by molar-refractivity contribution is 7.14. The second-order valence-corrected chi connectivity index (χ2v) is 6.86. The Hall–Kier alpha value is -2.99. The fraction of sp³-hybridized carbons (Fsp3) is 0.150. The van der Waals surface area contributed by atoms with Crippen molar-refractivity contribution in [1.82, 2.24) is 14.4 Å². The number of nitrogens with one attached hydrogen (secondary N) is 1. The van der Waals surface area contributed by atoms with Crippen LogP contribution in [0.1, 0.15) is 28.7 Å². The number of carbonyl (C=O) groups is 1. The van der Waals surface area contributed by atoms with E-state index in [0.29, 0.717) is 10.7 Å². The fourth-order valence-corrected chi connectivity index (χ4v) is 3.64. The minimum absolute atomic E-state index is 0.174. The lowest BCUT2D eigenvalue weighted by Crippen LogP contribution is -2.12. The summed E-state index contributed by atoms with van der Waals surface area (Å²) in [4.78, 5) is 21.7. The number of imidazole rings is 1. The molecule has 1 aromatic carbocycles. The number of aryl methyl sites for hydroxylation is 2. The van der Waals surface area contributed by atoms with Crippen LogP contribution in [-0.2, 0) is 6.42 Å². The molecule has 0 aliphatic heterocycles. The van der Waals surface area contributed by atoms with Gasteiger partial charge in [0.15, 0.2) is 5.13 Å². The highest BCUT2D eigenvalue weighted by Gasteiger charge is 2.13. The SMILES string of the molecule is CCc1nc2ccc(C(=O)Nc3nc(-c4ccccc4)cs3)cn2c1C. The standard InChI is InChI=1S/C20H18N4OS/c1-3-16-13(2)24-11-15(9-10-18(24)21-16)19(25)23-20-22-17(12-26-20)14-7-5-4-6-8-14/h4-12H,3H2,1-2H3,(H,22,23,25). The molecular formula is C20H18N4OS. The van der Waals surface area contributed by atoms with Gasteiger partial charge in [0.05, 0.1) is 17.0 Å². The van der Waals surface area contributed by atoms with Gasteiger partial charge < -0.3 is 4.40 Å². The molecule has 0 bridgehead atoms. The van der Waals surface area contributed by atoms with Gasteiger partial charge in [0.2, 0.25) is 0 Å². The topological polar surface area (TPSA) is 59.3 Å². The quantitative estimate of drug-likeness (QED) is 0.578. The summed E-state index contributed by atoms with van der Waals surface area (Å²) in [5.74, 6) is -0.174. The largest absolute Gasteiger partial charge is 0.303 e. The van der Waals surface area contributed by atoms with Crippen molar-refractivity contribution in [2.24, 2.45) is 0 Å². The van der Waals surface area contributed by atoms with Gasteiger partial charge in [-0.1, -0.05) is 37.3 Å². The molecule has 26 heavy (non-hydrogen) atoms. The minimum atomic E-state index is -0.174. The van der Waals surface area contributed by atoms with Gasteiger partial charge in [-0.3, -0.25) is 10.1 Å². The number of fused-ring (bicyclic) bond motifs is 1. The molecular weight excluding hydrogens is 344 g/mol. The van der Waals surface area contributed by atoms with Gasteiger partial charge in [0.1, 0.15) is 5.65 Å². The molecule has 4 rings (SSSR count). The molecule has 0 unspecified atom stereocenters. The minimum Gasteiger partial charge on any atom is -0.303 e. The summed E-state index contributed by atoms with van der Waals surface area (Å²) in [6, 6.07) is 13.6. The zero-order valence-electron chi connectivity index (χ0n) is 14.6. The normalized spacial score (nSPS) is 11.0. The number of nitrogens with zero attached hydrogens (tertiary/aromatic N) is 3. The molecule has 130 valence electrons. The monoisotopic (exact) mass is 362 g/mol. The predicted octanol–water partition coefficient (Wildman–Crippen LogP) is 4.58. The molecule has 0 saturated heterocycles. The summed E-state index contributed by atoms with van der Waals surface area (Å²) in [5, 5.41) is 5.42. The van der Waals surface area contributed by atoms with Crippen LogP contribution in [0.15, 0.2) is 54.0 Å². The van der Waals surface area contributed by atoms with E-state index in [2.05, 4.69) is 22.2 Å². The van der Waals surface area contributed by atoms with Crippen molar-refractivity contribution >= 4 is 28.0 Å². The molecule has 4 aromatic rings. The number of aromatic nitrogens is 3. The van der Waals surface area contributed by atoms with Crippen molar-refractivity contribution < 1.29 is 4.79 Å². The van der Waals surface area contributed by atoms with Crippen LogP contribution in [0.2, 0.25) is 0 Å². The second-order valence-electron chi connectivity index (χ2n) is 6.00. The maximum atomic E-state index is 12.6. The van der Waals surface area contributed by atoms with Crippen molar-refractivity contribution in [3.05, 3.63) is 71.0 Å². The Bertz CT molecular complexity index is 1080. The molecule has 3 heterocycles. The van der Waals surface area contributed by atoms with E-state index in [1.54, 1.807) is 6.07 Å². The van der Waals surface area contributed by atoms with Gasteiger partial charge in [-0.25, -0.2) is 9.97 Å². The fourth-order valence-electron chi connectivity index (χ4n) is 2.92. The van der Waals surface area contributed by atoms with E-state index < -0.39 is 0 Å². The van der Waals surface area contributed by atoms with E-state index in [9.17, 15) is 4.79 Å². The highest BCUT2D eigenvalue weighted by Crippen LogP contribution is 2.25. The first-order valence-electron chi connectivity index (χ1n) is 8.45. The van der Waals surface area contributed by atoms with E-state index in [1.165, 1.54) is 11.3 Å². The maximum Gasteiger partial charge on any atom is 0.258 e. The van der Waals surface area contributed by atoms with Crippen LogP contribution in [0, 0.1) is 6.92 Å². The number of rotatable bonds is 4. The number of hydrogen-bond donors (Lipinski definition) is 1. The highest BCUT2D eigenvalue weighted by atomic mass is 32.1. The Morgan fingerprint density at radius 1 is 1.15 bits per heavy atom. The van der Waals surface area contributed by atoms with Gasteiger partial charge in [-0.05, 0) is 25.5 Å². The zero-order valence-corrected chi connectivity index (χ0v) is 15.4. The average Bonchev–Trinajstić information content (AvgIpc) is 3.26. The van der Waals surface area contributed by atoms with Gasteiger partial charge in [0.25, 0.3) is 5.91 Å². The Morgan fingerprint density at radius 3 is 2.73 bits per heavy atom. The van der Waals surface area contributed by atoms with Crippen LogP contribution in [0.3, 0.4) is 0 Å². The van der Waals surface area contributed by atoms with E-state index in [1.807, 2.05) is 59.3 Å². The lowest BCUT2D eigenvalue weighted by molar-refractivity contribution is 0.102. The van der Waals surface area contributed by atoms with E-state index >= 15 is 0 Å². The van der Waals surface area contributed by atoms with Crippen LogP contribution < -0.4 is 5.32 Å². The first-order chi connectivity index (χ1) is 12.7. The average molecular weight is 362 g/mol. The van der Waals surface area contributed by atoms with Gasteiger partial charge in [-0.15, -0.1) is 11.3 Å². The predicted molar refractivity (Wildman–Crippen MR) is 105 cm³/mol. The third-order valence-electron chi connectivity index (χ3n) is 4.35. The summed E-state index contributed by atoms with van der Waals surface area (Å²) in [5.41, 5.74) is 5.45. The first kappa shape index (κ1) is 16.5. The molecule has 6 heteroatoms. The molecule has 0 radical (unpaired) electrons. The molecule has 5 nitrogen and oxygen atoms in total. The van der Waals surface area contributed by atoms with Crippen molar-refractivity contribution in [2.45, 2.75) is 20.3 Å². The second kappa shape index (κ2) is 6.72. The van der Waals surface area contributed by atoms with Crippen LogP contribution in [0.25, 0.3) is 16.9 Å². The third-order valence-corrected chi connectivity index (χ3v) is 5.10. The molecule has 0 fully saturated rings. The molecule has 0 saturated carbocycles. The number of hydrogen-bond acceptors (Lipinski definition) is 4. The smallest absolute Gasteiger partial charge is 0.258 e. The molecule has 1 N–H and O–H groups in total. The Labute approximate surface area is 155 Å². The van der Waals surface area contributed by atoms with E-state index in [-0.39, 0.29) is 5.91 Å². The first-order valence-corrected chi connectivity index (χ1v) is 9.33. The molecule has 0 spiro atoms. The lowest BCUT2D eigenvalue weighted by atomic mass is 10.2.